The van der Waals surface area contributed by atoms with Crippen molar-refractivity contribution in [1.82, 2.24) is 15.0 Å². The second-order valence-electron chi connectivity index (χ2n) is 16.5. The number of nitrogens with zero attached hydrogens (tertiary/aromatic N) is 3. The fourth-order valence-electron chi connectivity index (χ4n) is 6.89. The topological polar surface area (TPSA) is 154 Å². The maximum absolute atomic E-state index is 12.4. The molecule has 3 aromatic heterocycles. The summed E-state index contributed by atoms with van der Waals surface area (Å²) >= 11 is 1.42. The van der Waals surface area contributed by atoms with Crippen molar-refractivity contribution in [1.29, 1.82) is 0 Å². The maximum atomic E-state index is 12.4. The minimum Gasteiger partial charge on any atom is -0.497 e. The summed E-state index contributed by atoms with van der Waals surface area (Å²) in [6.45, 7) is 12.1. The highest BCUT2D eigenvalue weighted by atomic mass is 32.1. The van der Waals surface area contributed by atoms with E-state index in [1.807, 2.05) is 124 Å². The Kier molecular flexibility index (Phi) is 19.4. The molecule has 8 aromatic rings. The summed E-state index contributed by atoms with van der Waals surface area (Å²) in [5, 5.41) is 4.80. The lowest BCUT2D eigenvalue weighted by atomic mass is 10.1. The van der Waals surface area contributed by atoms with Gasteiger partial charge in [-0.25, -0.2) is 29.3 Å². The first-order valence-electron chi connectivity index (χ1n) is 23.4. The van der Waals surface area contributed by atoms with E-state index in [1.54, 1.807) is 58.8 Å². The van der Waals surface area contributed by atoms with Crippen LogP contribution in [0, 0.1) is 0 Å². The molecule has 0 aliphatic heterocycles. The van der Waals surface area contributed by atoms with Crippen LogP contribution >= 0.6 is 11.3 Å². The molecule has 0 aliphatic rings. The molecular weight excluding hydrogens is 931 g/mol. The first-order chi connectivity index (χ1) is 34.8. The van der Waals surface area contributed by atoms with Crippen LogP contribution < -0.4 is 18.9 Å². The Labute approximate surface area is 424 Å². The van der Waals surface area contributed by atoms with E-state index >= 15 is 0 Å². The number of hydrogen-bond donors (Lipinski definition) is 0. The van der Waals surface area contributed by atoms with Gasteiger partial charge in [-0.2, -0.15) is 0 Å². The molecule has 0 N–H and O–H groups in total. The number of benzene rings is 5. The first-order valence-corrected chi connectivity index (χ1v) is 24.3. The Hall–Kier alpha value is -8.10. The number of aryl methyl sites for hydroxylation is 1. The molecule has 0 bridgehead atoms. The molecule has 14 heteroatoms. The fourth-order valence-corrected chi connectivity index (χ4v) is 7.68. The molecule has 3 heterocycles. The third kappa shape index (κ3) is 15.2. The van der Waals surface area contributed by atoms with Gasteiger partial charge in [0.1, 0.15) is 34.6 Å². The monoisotopic (exact) mass is 989 g/mol. The number of pyridine rings is 2. The van der Waals surface area contributed by atoms with E-state index in [0.717, 1.165) is 56.0 Å². The van der Waals surface area contributed by atoms with Crippen molar-refractivity contribution in [3.8, 4) is 56.1 Å². The van der Waals surface area contributed by atoms with Crippen molar-refractivity contribution in [2.24, 2.45) is 0 Å². The smallest absolute Gasteiger partial charge is 0.358 e. The molecule has 0 saturated carbocycles. The van der Waals surface area contributed by atoms with Crippen LogP contribution in [0.25, 0.3) is 43.9 Å². The van der Waals surface area contributed by atoms with Crippen LogP contribution in [0.1, 0.15) is 84.1 Å². The Bertz CT molecular complexity index is 2930. The largest absolute Gasteiger partial charge is 0.497 e. The van der Waals surface area contributed by atoms with Gasteiger partial charge in [-0.05, 0) is 118 Å². The normalized spacial score (nSPS) is 10.6. The number of thiazole rings is 1. The van der Waals surface area contributed by atoms with Crippen LogP contribution in [-0.4, -0.2) is 73.0 Å². The molecule has 372 valence electrons. The first kappa shape index (κ1) is 53.3. The fraction of sp³-hybridized carbons (Fsp3) is 0.241. The zero-order valence-electron chi connectivity index (χ0n) is 42.0. The second kappa shape index (κ2) is 26.2. The van der Waals surface area contributed by atoms with E-state index in [4.69, 9.17) is 33.2 Å². The summed E-state index contributed by atoms with van der Waals surface area (Å²) < 4.78 is 36.9. The molecule has 13 nitrogen and oxygen atoms in total. The van der Waals surface area contributed by atoms with Gasteiger partial charge in [0.2, 0.25) is 0 Å². The van der Waals surface area contributed by atoms with Gasteiger partial charge < -0.3 is 33.2 Å². The van der Waals surface area contributed by atoms with Crippen molar-refractivity contribution in [2.75, 3.05) is 27.9 Å². The van der Waals surface area contributed by atoms with Crippen molar-refractivity contribution >= 4 is 40.0 Å². The summed E-state index contributed by atoms with van der Waals surface area (Å²) in [4.78, 5) is 49.7. The highest BCUT2D eigenvalue weighted by Crippen LogP contribution is 2.29. The average Bonchev–Trinajstić information content (AvgIpc) is 3.91. The van der Waals surface area contributed by atoms with Gasteiger partial charge in [0.05, 0.1) is 51.5 Å². The van der Waals surface area contributed by atoms with Crippen molar-refractivity contribution in [3.63, 3.8) is 0 Å². The predicted molar refractivity (Wildman–Crippen MR) is 281 cm³/mol. The summed E-state index contributed by atoms with van der Waals surface area (Å²) in [6.07, 6.45) is 0.593. The molecule has 0 unspecified atom stereocenters. The highest BCUT2D eigenvalue weighted by Gasteiger charge is 2.17. The highest BCUT2D eigenvalue weighted by molar-refractivity contribution is 7.13. The van der Waals surface area contributed by atoms with Gasteiger partial charge in [0.25, 0.3) is 0 Å². The van der Waals surface area contributed by atoms with Crippen LogP contribution in [0.2, 0.25) is 0 Å². The lowest BCUT2D eigenvalue weighted by molar-refractivity contribution is 0.0360. The maximum Gasteiger partial charge on any atom is 0.358 e. The SMILES string of the molecule is CCOc1ccc(-c2nc(C(=O)OCc3ccc4ccccc4c3)cs2)cc1.CCc1ccc(-c2cc(OC)cc(C(=O)OC(C)C)n2)cc1.COc1ccc(-c2cc(OC)cc(C(=O)OC(C)C)n2)cc1. The summed E-state index contributed by atoms with van der Waals surface area (Å²) in [6, 6.07) is 44.1. The average molecular weight is 990 g/mol. The van der Waals surface area contributed by atoms with E-state index in [0.29, 0.717) is 35.2 Å². The molecule has 72 heavy (non-hydrogen) atoms. The van der Waals surface area contributed by atoms with Crippen molar-refractivity contribution in [3.05, 3.63) is 173 Å². The summed E-state index contributed by atoms with van der Waals surface area (Å²) in [7, 11) is 4.72. The molecule has 0 spiro atoms. The molecule has 0 amide bonds. The van der Waals surface area contributed by atoms with Gasteiger partial charge in [-0.15, -0.1) is 11.3 Å². The zero-order chi connectivity index (χ0) is 51.6. The zero-order valence-corrected chi connectivity index (χ0v) is 42.8. The van der Waals surface area contributed by atoms with E-state index in [1.165, 1.54) is 16.9 Å². The van der Waals surface area contributed by atoms with E-state index in [-0.39, 0.29) is 30.2 Å². The number of esters is 3. The number of aromatic nitrogens is 3. The quantitative estimate of drug-likeness (QED) is 0.0667. The summed E-state index contributed by atoms with van der Waals surface area (Å²) in [5.41, 5.74) is 7.08. The number of methoxy groups -OCH3 is 3. The molecule has 0 saturated heterocycles. The van der Waals surface area contributed by atoms with E-state index < -0.39 is 17.9 Å². The van der Waals surface area contributed by atoms with Crippen LogP contribution in [0.3, 0.4) is 0 Å². The Morgan fingerprint density at radius 2 is 1.00 bits per heavy atom. The van der Waals surface area contributed by atoms with Gasteiger partial charge in [0.15, 0.2) is 17.1 Å². The molecule has 0 atom stereocenters. The Morgan fingerprint density at radius 1 is 0.500 bits per heavy atom. The molecular formula is C58H59N3O10S. The second-order valence-corrected chi connectivity index (χ2v) is 17.4. The minimum absolute atomic E-state index is 0.187. The molecule has 0 radical (unpaired) electrons. The number of carbonyl (C=O) groups excluding carboxylic acids is 3. The van der Waals surface area contributed by atoms with Crippen molar-refractivity contribution < 1.29 is 47.5 Å². The molecule has 5 aromatic carbocycles. The number of ether oxygens (including phenoxy) is 7. The molecule has 0 aliphatic carbocycles. The Balaban J connectivity index is 0.000000179. The van der Waals surface area contributed by atoms with Gasteiger partial charge in [-0.1, -0.05) is 67.6 Å². The van der Waals surface area contributed by atoms with Crippen LogP contribution in [-0.2, 0) is 27.2 Å². The number of hydrogen-bond acceptors (Lipinski definition) is 14. The number of fused-ring (bicyclic) bond motifs is 1. The number of carbonyl (C=O) groups is 3. The lowest BCUT2D eigenvalue weighted by Gasteiger charge is -2.10. The summed E-state index contributed by atoms with van der Waals surface area (Å²) in [5.74, 6) is 1.38. The Morgan fingerprint density at radius 3 is 1.51 bits per heavy atom. The van der Waals surface area contributed by atoms with Gasteiger partial charge >= 0.3 is 17.9 Å². The van der Waals surface area contributed by atoms with E-state index in [2.05, 4.69) is 40.1 Å². The molecule has 8 rings (SSSR count). The number of rotatable bonds is 16. The third-order valence-electron chi connectivity index (χ3n) is 10.5. The van der Waals surface area contributed by atoms with Crippen LogP contribution in [0.15, 0.2) is 145 Å². The van der Waals surface area contributed by atoms with Crippen LogP contribution in [0.5, 0.6) is 23.0 Å². The van der Waals surface area contributed by atoms with Gasteiger partial charge in [-0.3, -0.25) is 0 Å². The molecule has 0 fully saturated rings. The third-order valence-corrected chi connectivity index (χ3v) is 11.4. The van der Waals surface area contributed by atoms with Crippen molar-refractivity contribution in [2.45, 2.75) is 66.8 Å². The van der Waals surface area contributed by atoms with E-state index in [9.17, 15) is 14.4 Å². The minimum atomic E-state index is -0.469. The lowest BCUT2D eigenvalue weighted by Crippen LogP contribution is -2.13. The van der Waals surface area contributed by atoms with Gasteiger partial charge in [0, 0.05) is 46.3 Å². The van der Waals surface area contributed by atoms with Crippen LogP contribution in [0.4, 0.5) is 0 Å². The standard InChI is InChI=1S/C23H19NO3S.C18H21NO3.C17H19NO4/c1-2-26-20-11-9-18(10-12-20)22-24-21(15-28-22)23(25)27-14-16-7-8-17-5-3-4-6-19(17)13-16;1-5-13-6-8-14(9-7-13)16-10-15(21-4)11-17(19-16)18(20)22-12(2)3;1-11(2)22-17(19)16-10-14(21-4)9-15(18-16)12-5-7-13(20-3)8-6-12/h3-13,15H,2,14H2,1H3;6-12H,5H2,1-4H3;5-11H,1-4H3. The predicted octanol–water partition coefficient (Wildman–Crippen LogP) is 12.9.